The Labute approximate surface area is 199 Å². The highest BCUT2D eigenvalue weighted by Gasteiger charge is 2.59. The average molecular weight is 497 g/mol. The molecule has 4 saturated carbocycles. The van der Waals surface area contributed by atoms with Gasteiger partial charge in [0.05, 0.1) is 5.60 Å². The zero-order chi connectivity index (χ0) is 22.3. The molecule has 6 rings (SSSR count). The first kappa shape index (κ1) is 21.3. The molecule has 3 nitrogen and oxygen atoms in total. The molecule has 0 saturated heterocycles. The van der Waals surface area contributed by atoms with Crippen LogP contribution >= 0.6 is 15.9 Å². The fourth-order valence-electron chi connectivity index (χ4n) is 8.21. The summed E-state index contributed by atoms with van der Waals surface area (Å²) in [5.74, 6) is 2.31. The standard InChI is InChI=1S/C28H33BrO3/c1-27-12-10-21-20(23(27)8-9-24(27)26(31)17-2-3-17)11-13-28(32)15-19(30)14-22(25(21)28)16-4-6-18(29)7-5-16/h4-7,17,20,22-24,32H,2-3,8-15H2,1H3/t20-,22?,23+,24?,27+,28?/m1/s1. The molecular weight excluding hydrogens is 464 g/mol. The smallest absolute Gasteiger partial charge is 0.139 e. The molecule has 4 heteroatoms. The van der Waals surface area contributed by atoms with Crippen LogP contribution in [0.5, 0.6) is 0 Å². The molecule has 1 N–H and O–H groups in total. The average Bonchev–Trinajstić information content (AvgIpc) is 3.54. The molecule has 3 unspecified atom stereocenters. The maximum absolute atomic E-state index is 13.1. The fourth-order valence-corrected chi connectivity index (χ4v) is 8.48. The van der Waals surface area contributed by atoms with Gasteiger partial charge in [0.2, 0.25) is 0 Å². The maximum Gasteiger partial charge on any atom is 0.139 e. The van der Waals surface area contributed by atoms with Crippen LogP contribution in [0.15, 0.2) is 39.9 Å². The van der Waals surface area contributed by atoms with Crippen molar-refractivity contribution in [3.63, 3.8) is 0 Å². The van der Waals surface area contributed by atoms with E-state index >= 15 is 0 Å². The van der Waals surface area contributed by atoms with Gasteiger partial charge in [-0.2, -0.15) is 0 Å². The van der Waals surface area contributed by atoms with Crippen LogP contribution in [0.4, 0.5) is 0 Å². The van der Waals surface area contributed by atoms with Crippen LogP contribution in [0.25, 0.3) is 0 Å². The third-order valence-corrected chi connectivity index (χ3v) is 10.4. The number of hydrogen-bond donors (Lipinski definition) is 1. The number of carbonyl (C=O) groups excluding carboxylic acids is 2. The second-order valence-corrected chi connectivity index (χ2v) is 12.5. The molecule has 4 fully saturated rings. The monoisotopic (exact) mass is 496 g/mol. The lowest BCUT2D eigenvalue weighted by atomic mass is 9.52. The van der Waals surface area contributed by atoms with Crippen LogP contribution in [0, 0.1) is 29.1 Å². The highest BCUT2D eigenvalue weighted by atomic mass is 79.9. The van der Waals surface area contributed by atoms with Gasteiger partial charge >= 0.3 is 0 Å². The van der Waals surface area contributed by atoms with E-state index in [1.54, 1.807) is 0 Å². The van der Waals surface area contributed by atoms with Crippen LogP contribution in [0.2, 0.25) is 0 Å². The van der Waals surface area contributed by atoms with Crippen molar-refractivity contribution in [1.82, 2.24) is 0 Å². The van der Waals surface area contributed by atoms with Gasteiger partial charge in [0.25, 0.3) is 0 Å². The van der Waals surface area contributed by atoms with Crippen LogP contribution in [-0.2, 0) is 9.59 Å². The van der Waals surface area contributed by atoms with Crippen molar-refractivity contribution in [2.75, 3.05) is 0 Å². The molecule has 0 radical (unpaired) electrons. The number of hydrogen-bond acceptors (Lipinski definition) is 3. The topological polar surface area (TPSA) is 54.4 Å². The van der Waals surface area contributed by atoms with Crippen LogP contribution in [0.3, 0.4) is 0 Å². The number of aliphatic hydroxyl groups is 1. The number of fused-ring (bicyclic) bond motifs is 4. The van der Waals surface area contributed by atoms with Gasteiger partial charge in [0.15, 0.2) is 0 Å². The Balaban J connectivity index is 1.41. The van der Waals surface area contributed by atoms with Gasteiger partial charge in [-0.25, -0.2) is 0 Å². The first-order valence-corrected chi connectivity index (χ1v) is 13.4. The minimum atomic E-state index is -0.978. The molecular formula is C28H33BrO3. The van der Waals surface area contributed by atoms with Crippen molar-refractivity contribution in [3.8, 4) is 0 Å². The zero-order valence-corrected chi connectivity index (χ0v) is 20.5. The summed E-state index contributed by atoms with van der Waals surface area (Å²) >= 11 is 3.53. The third-order valence-electron chi connectivity index (χ3n) is 9.86. The number of benzene rings is 1. The van der Waals surface area contributed by atoms with E-state index in [0.717, 1.165) is 55.0 Å². The van der Waals surface area contributed by atoms with Gasteiger partial charge in [0.1, 0.15) is 11.6 Å². The van der Waals surface area contributed by atoms with Gasteiger partial charge < -0.3 is 5.11 Å². The third kappa shape index (κ3) is 3.15. The number of Topliss-reactive ketones (excluding diaryl/α,β-unsaturated/α-hetero) is 2. The summed E-state index contributed by atoms with van der Waals surface area (Å²) < 4.78 is 1.03. The Kier molecular flexibility index (Phi) is 4.90. The summed E-state index contributed by atoms with van der Waals surface area (Å²) in [6.07, 6.45) is 8.84. The molecule has 1 aromatic carbocycles. The first-order valence-electron chi connectivity index (χ1n) is 12.6. The van der Waals surface area contributed by atoms with Gasteiger partial charge in [-0.1, -0.05) is 40.6 Å². The van der Waals surface area contributed by atoms with Crippen molar-refractivity contribution in [2.24, 2.45) is 29.1 Å². The summed E-state index contributed by atoms with van der Waals surface area (Å²) in [5.41, 5.74) is 2.90. The number of allylic oxidation sites excluding steroid dienone is 1. The van der Waals surface area contributed by atoms with Crippen molar-refractivity contribution in [3.05, 3.63) is 45.4 Å². The van der Waals surface area contributed by atoms with Crippen LogP contribution in [0.1, 0.15) is 82.6 Å². The second-order valence-electron chi connectivity index (χ2n) is 11.6. The Hall–Kier alpha value is -1.26. The largest absolute Gasteiger partial charge is 0.385 e. The van der Waals surface area contributed by atoms with E-state index in [4.69, 9.17) is 0 Å². The quantitative estimate of drug-likeness (QED) is 0.511. The van der Waals surface area contributed by atoms with Crippen molar-refractivity contribution < 1.29 is 14.7 Å². The zero-order valence-electron chi connectivity index (χ0n) is 18.9. The van der Waals surface area contributed by atoms with Gasteiger partial charge in [0, 0.05) is 35.1 Å². The van der Waals surface area contributed by atoms with Crippen LogP contribution < -0.4 is 0 Å². The summed E-state index contributed by atoms with van der Waals surface area (Å²) in [5, 5.41) is 11.8. The highest BCUT2D eigenvalue weighted by molar-refractivity contribution is 9.10. The minimum Gasteiger partial charge on any atom is -0.385 e. The van der Waals surface area contributed by atoms with E-state index in [1.165, 1.54) is 11.1 Å². The first-order chi connectivity index (χ1) is 15.3. The molecule has 0 aliphatic heterocycles. The molecule has 170 valence electrons. The van der Waals surface area contributed by atoms with Crippen molar-refractivity contribution in [1.29, 1.82) is 0 Å². The molecule has 5 aliphatic rings. The van der Waals surface area contributed by atoms with E-state index < -0.39 is 5.60 Å². The number of halogens is 1. The van der Waals surface area contributed by atoms with Crippen molar-refractivity contribution in [2.45, 2.75) is 82.7 Å². The predicted molar refractivity (Wildman–Crippen MR) is 127 cm³/mol. The molecule has 0 amide bonds. The molecule has 0 aromatic heterocycles. The molecule has 6 atom stereocenters. The molecule has 0 spiro atoms. The van der Waals surface area contributed by atoms with Crippen molar-refractivity contribution >= 4 is 27.5 Å². The predicted octanol–water partition coefficient (Wildman–Crippen LogP) is 6.14. The Morgan fingerprint density at radius 3 is 2.53 bits per heavy atom. The number of carbonyl (C=O) groups is 2. The molecule has 5 aliphatic carbocycles. The van der Waals surface area contributed by atoms with E-state index in [9.17, 15) is 14.7 Å². The normalized spacial score (nSPS) is 41.2. The van der Waals surface area contributed by atoms with Gasteiger partial charge in [-0.15, -0.1) is 0 Å². The van der Waals surface area contributed by atoms with E-state index in [0.29, 0.717) is 36.4 Å². The lowest BCUT2D eigenvalue weighted by Crippen LogP contribution is -2.49. The maximum atomic E-state index is 13.1. The SMILES string of the molecule is C[C@]12CCC3=C4C(c5ccc(Br)cc5)CC(=O)CC4(O)CC[C@H]3[C@@H]1CCC2C(=O)C1CC1. The van der Waals surface area contributed by atoms with Gasteiger partial charge in [-0.05, 0) is 91.9 Å². The Bertz CT molecular complexity index is 1010. The Morgan fingerprint density at radius 2 is 1.81 bits per heavy atom. The van der Waals surface area contributed by atoms with Crippen LogP contribution in [-0.4, -0.2) is 22.3 Å². The van der Waals surface area contributed by atoms with E-state index in [-0.39, 0.29) is 29.5 Å². The molecule has 1 aromatic rings. The lowest BCUT2D eigenvalue weighted by Gasteiger charge is -2.53. The Morgan fingerprint density at radius 1 is 1.06 bits per heavy atom. The summed E-state index contributed by atoms with van der Waals surface area (Å²) in [6.45, 7) is 2.40. The molecule has 0 bridgehead atoms. The fraction of sp³-hybridized carbons (Fsp3) is 0.643. The summed E-state index contributed by atoms with van der Waals surface area (Å²) in [4.78, 5) is 25.8. The summed E-state index contributed by atoms with van der Waals surface area (Å²) in [7, 11) is 0. The number of rotatable bonds is 3. The number of ketones is 2. The lowest BCUT2D eigenvalue weighted by molar-refractivity contribution is -0.130. The summed E-state index contributed by atoms with van der Waals surface area (Å²) in [6, 6.07) is 8.31. The van der Waals surface area contributed by atoms with Gasteiger partial charge in [-0.3, -0.25) is 9.59 Å². The van der Waals surface area contributed by atoms with E-state index in [2.05, 4.69) is 35.0 Å². The highest BCUT2D eigenvalue weighted by Crippen LogP contribution is 2.65. The molecule has 0 heterocycles. The minimum absolute atomic E-state index is 0.0122. The molecule has 32 heavy (non-hydrogen) atoms. The van der Waals surface area contributed by atoms with E-state index in [1.807, 2.05) is 12.1 Å². The second kappa shape index (κ2) is 7.37.